The van der Waals surface area contributed by atoms with Crippen molar-refractivity contribution in [1.82, 2.24) is 0 Å². The number of nitrogens with zero attached hydrogens (tertiary/aromatic N) is 1. The van der Waals surface area contributed by atoms with Crippen LogP contribution >= 0.6 is 15.9 Å². The summed E-state index contributed by atoms with van der Waals surface area (Å²) in [6, 6.07) is 10.9. The van der Waals surface area contributed by atoms with Crippen LogP contribution in [0.4, 0.5) is 15.8 Å². The van der Waals surface area contributed by atoms with Gasteiger partial charge in [0.1, 0.15) is 5.82 Å². The first-order valence-electron chi connectivity index (χ1n) is 6.15. The smallest absolute Gasteiger partial charge is 0.258 e. The third-order valence-corrected chi connectivity index (χ3v) is 3.66. The largest absolute Gasteiger partial charge is 0.398 e. The normalized spacial score (nSPS) is 10.3. The van der Waals surface area contributed by atoms with Crippen molar-refractivity contribution in [1.29, 1.82) is 0 Å². The molecule has 0 aliphatic heterocycles. The topological polar surface area (TPSA) is 46.3 Å². The highest BCUT2D eigenvalue weighted by Crippen LogP contribution is 2.23. The first-order chi connectivity index (χ1) is 9.52. The summed E-state index contributed by atoms with van der Waals surface area (Å²) in [6.45, 7) is 2.35. The molecule has 0 aliphatic carbocycles. The van der Waals surface area contributed by atoms with Gasteiger partial charge >= 0.3 is 0 Å². The summed E-state index contributed by atoms with van der Waals surface area (Å²) in [5.41, 5.74) is 7.45. The number of halogens is 2. The molecule has 0 unspecified atom stereocenters. The Bertz CT molecular complexity index is 628. The molecule has 1 amide bonds. The Balaban J connectivity index is 2.33. The average Bonchev–Trinajstić information content (AvgIpc) is 2.44. The van der Waals surface area contributed by atoms with Gasteiger partial charge in [-0.15, -0.1) is 0 Å². The van der Waals surface area contributed by atoms with E-state index >= 15 is 0 Å². The molecule has 2 aromatic carbocycles. The number of nitrogens with two attached hydrogens (primary N) is 1. The molecule has 0 spiro atoms. The minimum Gasteiger partial charge on any atom is -0.398 e. The zero-order valence-electron chi connectivity index (χ0n) is 10.9. The zero-order chi connectivity index (χ0) is 14.7. The number of amides is 1. The fraction of sp³-hybridized carbons (Fsp3) is 0.133. The van der Waals surface area contributed by atoms with Gasteiger partial charge in [0.05, 0.1) is 0 Å². The summed E-state index contributed by atoms with van der Waals surface area (Å²) in [7, 11) is 0. The van der Waals surface area contributed by atoms with E-state index in [-0.39, 0.29) is 11.7 Å². The number of carbonyl (C=O) groups is 1. The van der Waals surface area contributed by atoms with E-state index in [0.29, 0.717) is 23.5 Å². The molecule has 104 valence electrons. The summed E-state index contributed by atoms with van der Waals surface area (Å²) < 4.78 is 13.7. The van der Waals surface area contributed by atoms with Crippen molar-refractivity contribution in [2.75, 3.05) is 17.2 Å². The Labute approximate surface area is 125 Å². The first-order valence-corrected chi connectivity index (χ1v) is 6.94. The van der Waals surface area contributed by atoms with Crippen LogP contribution in [0.5, 0.6) is 0 Å². The fourth-order valence-electron chi connectivity index (χ4n) is 1.90. The molecule has 0 heterocycles. The van der Waals surface area contributed by atoms with Gasteiger partial charge < -0.3 is 10.6 Å². The Morgan fingerprint density at radius 3 is 2.45 bits per heavy atom. The molecule has 0 saturated heterocycles. The van der Waals surface area contributed by atoms with E-state index in [9.17, 15) is 9.18 Å². The lowest BCUT2D eigenvalue weighted by atomic mass is 10.1. The lowest BCUT2D eigenvalue weighted by Gasteiger charge is -2.21. The molecule has 0 radical (unpaired) electrons. The van der Waals surface area contributed by atoms with Crippen molar-refractivity contribution in [2.24, 2.45) is 0 Å². The van der Waals surface area contributed by atoms with Crippen LogP contribution < -0.4 is 10.6 Å². The van der Waals surface area contributed by atoms with Crippen LogP contribution in [-0.2, 0) is 0 Å². The SMILES string of the molecule is CCN(C(=O)c1ccc(Br)c(N)c1)c1ccc(F)cc1. The zero-order valence-corrected chi connectivity index (χ0v) is 12.5. The second-order valence-corrected chi connectivity index (χ2v) is 5.12. The van der Waals surface area contributed by atoms with Crippen LogP contribution in [0.25, 0.3) is 0 Å². The molecule has 0 aliphatic rings. The van der Waals surface area contributed by atoms with Gasteiger partial charge in [-0.1, -0.05) is 0 Å². The molecule has 0 fully saturated rings. The van der Waals surface area contributed by atoms with Crippen molar-refractivity contribution in [3.63, 3.8) is 0 Å². The molecule has 3 nitrogen and oxygen atoms in total. The second-order valence-electron chi connectivity index (χ2n) is 4.26. The van der Waals surface area contributed by atoms with Crippen LogP contribution in [0.3, 0.4) is 0 Å². The number of rotatable bonds is 3. The second kappa shape index (κ2) is 6.05. The van der Waals surface area contributed by atoms with Gasteiger partial charge in [-0.05, 0) is 65.3 Å². The standard InChI is InChI=1S/C15H14BrFN2O/c1-2-19(12-6-4-11(17)5-7-12)15(20)10-3-8-13(16)14(18)9-10/h3-9H,2,18H2,1H3. The predicted octanol–water partition coefficient (Wildman–Crippen LogP) is 3.84. The third kappa shape index (κ3) is 2.99. The summed E-state index contributed by atoms with van der Waals surface area (Å²) in [5.74, 6) is -0.497. The Hall–Kier alpha value is -1.88. The predicted molar refractivity (Wildman–Crippen MR) is 82.3 cm³/mol. The number of benzene rings is 2. The van der Waals surface area contributed by atoms with Gasteiger partial charge in [0.15, 0.2) is 0 Å². The highest BCUT2D eigenvalue weighted by Gasteiger charge is 2.16. The van der Waals surface area contributed by atoms with E-state index in [1.807, 2.05) is 6.92 Å². The molecule has 20 heavy (non-hydrogen) atoms. The molecule has 2 rings (SSSR count). The number of hydrogen-bond donors (Lipinski definition) is 1. The average molecular weight is 337 g/mol. The van der Waals surface area contributed by atoms with Gasteiger partial charge in [0.25, 0.3) is 5.91 Å². The maximum Gasteiger partial charge on any atom is 0.258 e. The monoisotopic (exact) mass is 336 g/mol. The number of nitrogen functional groups attached to an aromatic ring is 1. The van der Waals surface area contributed by atoms with E-state index in [2.05, 4.69) is 15.9 Å². The highest BCUT2D eigenvalue weighted by molar-refractivity contribution is 9.10. The minimum atomic E-state index is -0.329. The van der Waals surface area contributed by atoms with Crippen molar-refractivity contribution < 1.29 is 9.18 Å². The highest BCUT2D eigenvalue weighted by atomic mass is 79.9. The Morgan fingerprint density at radius 2 is 1.90 bits per heavy atom. The van der Waals surface area contributed by atoms with Crippen LogP contribution in [0, 0.1) is 5.82 Å². The quantitative estimate of drug-likeness (QED) is 0.865. The molecule has 2 aromatic rings. The van der Waals surface area contributed by atoms with Crippen molar-refractivity contribution >= 4 is 33.2 Å². The van der Waals surface area contributed by atoms with Gasteiger partial charge in [-0.2, -0.15) is 0 Å². The molecule has 0 aromatic heterocycles. The minimum absolute atomic E-state index is 0.168. The fourth-order valence-corrected chi connectivity index (χ4v) is 2.14. The van der Waals surface area contributed by atoms with E-state index in [1.165, 1.54) is 12.1 Å². The van der Waals surface area contributed by atoms with Gasteiger partial charge in [0, 0.05) is 28.0 Å². The summed E-state index contributed by atoms with van der Waals surface area (Å²) in [4.78, 5) is 14.1. The van der Waals surface area contributed by atoms with Crippen LogP contribution in [0.15, 0.2) is 46.9 Å². The van der Waals surface area contributed by atoms with Crippen LogP contribution in [0.1, 0.15) is 17.3 Å². The van der Waals surface area contributed by atoms with E-state index < -0.39 is 0 Å². The number of anilines is 2. The molecule has 5 heteroatoms. The third-order valence-electron chi connectivity index (χ3n) is 2.94. The lowest BCUT2D eigenvalue weighted by molar-refractivity contribution is 0.0988. The Morgan fingerprint density at radius 1 is 1.25 bits per heavy atom. The van der Waals surface area contributed by atoms with E-state index in [0.717, 1.165) is 4.47 Å². The van der Waals surface area contributed by atoms with E-state index in [1.54, 1.807) is 35.2 Å². The Kier molecular flexibility index (Phi) is 4.39. The van der Waals surface area contributed by atoms with Crippen molar-refractivity contribution in [2.45, 2.75) is 6.92 Å². The molecule has 0 atom stereocenters. The molecule has 0 saturated carbocycles. The first kappa shape index (κ1) is 14.5. The molecular formula is C15H14BrFN2O. The maximum absolute atomic E-state index is 13.0. The summed E-state index contributed by atoms with van der Waals surface area (Å²) in [6.07, 6.45) is 0. The van der Waals surface area contributed by atoms with Crippen LogP contribution in [0.2, 0.25) is 0 Å². The summed E-state index contributed by atoms with van der Waals surface area (Å²) in [5, 5.41) is 0. The molecule has 2 N–H and O–H groups in total. The molecule has 0 bridgehead atoms. The lowest BCUT2D eigenvalue weighted by Crippen LogP contribution is -2.30. The number of hydrogen-bond acceptors (Lipinski definition) is 2. The van der Waals surface area contributed by atoms with Gasteiger partial charge in [-0.3, -0.25) is 4.79 Å². The number of carbonyl (C=O) groups excluding carboxylic acids is 1. The van der Waals surface area contributed by atoms with Crippen LogP contribution in [-0.4, -0.2) is 12.5 Å². The van der Waals surface area contributed by atoms with Crippen molar-refractivity contribution in [3.05, 3.63) is 58.3 Å². The van der Waals surface area contributed by atoms with Gasteiger partial charge in [-0.25, -0.2) is 4.39 Å². The van der Waals surface area contributed by atoms with Gasteiger partial charge in [0.2, 0.25) is 0 Å². The molecular weight excluding hydrogens is 323 g/mol. The maximum atomic E-state index is 13.0. The van der Waals surface area contributed by atoms with E-state index in [4.69, 9.17) is 5.73 Å². The van der Waals surface area contributed by atoms with Crippen molar-refractivity contribution in [3.8, 4) is 0 Å². The summed E-state index contributed by atoms with van der Waals surface area (Å²) >= 11 is 3.29.